The van der Waals surface area contributed by atoms with E-state index in [0.29, 0.717) is 6.04 Å². The molecule has 1 N–H and O–H groups in total. The van der Waals surface area contributed by atoms with Crippen molar-refractivity contribution in [2.75, 3.05) is 24.7 Å². The minimum Gasteiger partial charge on any atom is -0.377 e. The Balaban J connectivity index is 1.98. The highest BCUT2D eigenvalue weighted by Crippen LogP contribution is 2.34. The molecule has 1 saturated heterocycles. The standard InChI is InChI=1S/C13H22N4OS/c1-13(2)9-18-8-7-16(13)11-14-15-12(19)17(11)10-5-3-4-6-10/h10H,3-9H2,1-2H3,(H,15,19). The number of nitrogens with one attached hydrogen (secondary N) is 1. The lowest BCUT2D eigenvalue weighted by atomic mass is 10.0. The molecule has 0 radical (unpaired) electrons. The van der Waals surface area contributed by atoms with Crippen LogP contribution in [0.3, 0.4) is 0 Å². The fraction of sp³-hybridized carbons (Fsp3) is 0.846. The van der Waals surface area contributed by atoms with Crippen LogP contribution in [0.15, 0.2) is 0 Å². The van der Waals surface area contributed by atoms with E-state index in [4.69, 9.17) is 17.0 Å². The van der Waals surface area contributed by atoms with E-state index in [9.17, 15) is 0 Å². The molecule has 1 aliphatic heterocycles. The highest BCUT2D eigenvalue weighted by Gasteiger charge is 2.35. The van der Waals surface area contributed by atoms with Crippen LogP contribution in [0, 0.1) is 4.77 Å². The SMILES string of the molecule is CC1(C)COCCN1c1n[nH]c(=S)n1C1CCCC1. The highest BCUT2D eigenvalue weighted by molar-refractivity contribution is 7.71. The Bertz CT molecular complexity index is 501. The largest absolute Gasteiger partial charge is 0.377 e. The Morgan fingerprint density at radius 1 is 1.37 bits per heavy atom. The van der Waals surface area contributed by atoms with E-state index < -0.39 is 0 Å². The van der Waals surface area contributed by atoms with E-state index in [1.807, 2.05) is 0 Å². The maximum Gasteiger partial charge on any atom is 0.226 e. The lowest BCUT2D eigenvalue weighted by Gasteiger charge is -2.42. The van der Waals surface area contributed by atoms with Gasteiger partial charge in [-0.1, -0.05) is 12.8 Å². The molecule has 0 spiro atoms. The van der Waals surface area contributed by atoms with Crippen LogP contribution in [0.25, 0.3) is 0 Å². The lowest BCUT2D eigenvalue weighted by molar-refractivity contribution is 0.0627. The van der Waals surface area contributed by atoms with E-state index in [0.717, 1.165) is 30.5 Å². The summed E-state index contributed by atoms with van der Waals surface area (Å²) in [5.74, 6) is 0.991. The molecule has 19 heavy (non-hydrogen) atoms. The summed E-state index contributed by atoms with van der Waals surface area (Å²) in [7, 11) is 0. The predicted octanol–water partition coefficient (Wildman–Crippen LogP) is 2.67. The number of hydrogen-bond donors (Lipinski definition) is 1. The minimum atomic E-state index is -0.0322. The molecular weight excluding hydrogens is 260 g/mol. The molecule has 0 aromatic carbocycles. The molecule has 5 nitrogen and oxygen atoms in total. The quantitative estimate of drug-likeness (QED) is 0.847. The van der Waals surface area contributed by atoms with Gasteiger partial charge in [-0.25, -0.2) is 5.10 Å². The monoisotopic (exact) mass is 282 g/mol. The second-order valence-electron chi connectivity index (χ2n) is 6.15. The fourth-order valence-corrected chi connectivity index (χ4v) is 3.48. The molecule has 0 atom stereocenters. The number of hydrogen-bond acceptors (Lipinski definition) is 4. The number of morpholine rings is 1. The summed E-state index contributed by atoms with van der Waals surface area (Å²) in [5, 5.41) is 7.48. The zero-order valence-corrected chi connectivity index (χ0v) is 12.5. The predicted molar refractivity (Wildman–Crippen MR) is 77.2 cm³/mol. The maximum absolute atomic E-state index is 5.59. The molecule has 1 aromatic heterocycles. The lowest BCUT2D eigenvalue weighted by Crippen LogP contribution is -2.54. The molecule has 1 saturated carbocycles. The van der Waals surface area contributed by atoms with Gasteiger partial charge in [0.05, 0.1) is 18.8 Å². The van der Waals surface area contributed by atoms with E-state index in [1.54, 1.807) is 0 Å². The number of aromatic nitrogens is 3. The van der Waals surface area contributed by atoms with Gasteiger partial charge < -0.3 is 9.64 Å². The molecule has 0 amide bonds. The van der Waals surface area contributed by atoms with Gasteiger partial charge in [-0.2, -0.15) is 0 Å². The molecule has 1 aliphatic carbocycles. The third-order valence-corrected chi connectivity index (χ3v) is 4.55. The average molecular weight is 282 g/mol. The smallest absolute Gasteiger partial charge is 0.226 e. The van der Waals surface area contributed by atoms with Crippen LogP contribution in [-0.2, 0) is 4.74 Å². The number of nitrogens with zero attached hydrogens (tertiary/aromatic N) is 3. The van der Waals surface area contributed by atoms with E-state index in [2.05, 4.69) is 33.5 Å². The van der Waals surface area contributed by atoms with Crippen molar-refractivity contribution in [3.63, 3.8) is 0 Å². The van der Waals surface area contributed by atoms with Crippen LogP contribution in [0.1, 0.15) is 45.6 Å². The first-order chi connectivity index (χ1) is 9.09. The number of aromatic amines is 1. The highest BCUT2D eigenvalue weighted by atomic mass is 32.1. The summed E-state index contributed by atoms with van der Waals surface area (Å²) >= 11 is 5.44. The molecule has 2 fully saturated rings. The first-order valence-corrected chi connectivity index (χ1v) is 7.53. The summed E-state index contributed by atoms with van der Waals surface area (Å²) in [6, 6.07) is 0.514. The summed E-state index contributed by atoms with van der Waals surface area (Å²) < 4.78 is 8.58. The molecule has 2 aliphatic rings. The van der Waals surface area contributed by atoms with Crippen molar-refractivity contribution in [3.05, 3.63) is 4.77 Å². The van der Waals surface area contributed by atoms with Gasteiger partial charge in [0.15, 0.2) is 4.77 Å². The van der Waals surface area contributed by atoms with Crippen LogP contribution in [0.2, 0.25) is 0 Å². The van der Waals surface area contributed by atoms with Gasteiger partial charge in [0.2, 0.25) is 5.95 Å². The molecule has 1 aromatic rings. The number of ether oxygens (including phenoxy) is 1. The van der Waals surface area contributed by atoms with Gasteiger partial charge in [-0.05, 0) is 38.9 Å². The molecule has 2 heterocycles. The Labute approximate surface area is 118 Å². The van der Waals surface area contributed by atoms with Crippen molar-refractivity contribution in [1.82, 2.24) is 14.8 Å². The van der Waals surface area contributed by atoms with Crippen molar-refractivity contribution < 1.29 is 4.74 Å². The van der Waals surface area contributed by atoms with Gasteiger partial charge in [0, 0.05) is 12.6 Å². The molecule has 0 bridgehead atoms. The van der Waals surface area contributed by atoms with Crippen molar-refractivity contribution in [2.45, 2.75) is 51.1 Å². The third kappa shape index (κ3) is 2.31. The summed E-state index contributed by atoms with van der Waals surface area (Å²) in [4.78, 5) is 2.33. The van der Waals surface area contributed by atoms with Crippen LogP contribution >= 0.6 is 12.2 Å². The first kappa shape index (κ1) is 13.1. The summed E-state index contributed by atoms with van der Waals surface area (Å²) in [6.07, 6.45) is 5.02. The Hall–Kier alpha value is -0.880. The van der Waals surface area contributed by atoms with Crippen molar-refractivity contribution in [2.24, 2.45) is 0 Å². The second-order valence-corrected chi connectivity index (χ2v) is 6.54. The second kappa shape index (κ2) is 4.90. The van der Waals surface area contributed by atoms with Crippen molar-refractivity contribution >= 4 is 18.2 Å². The van der Waals surface area contributed by atoms with Gasteiger partial charge in [-0.3, -0.25) is 4.57 Å². The minimum absolute atomic E-state index is 0.0322. The zero-order chi connectivity index (χ0) is 13.5. The van der Waals surface area contributed by atoms with Gasteiger partial charge in [-0.15, -0.1) is 5.10 Å². The Kier molecular flexibility index (Phi) is 3.39. The molecule has 3 rings (SSSR count). The molecule has 6 heteroatoms. The van der Waals surface area contributed by atoms with Crippen LogP contribution in [-0.4, -0.2) is 40.1 Å². The number of anilines is 1. The zero-order valence-electron chi connectivity index (χ0n) is 11.7. The average Bonchev–Trinajstić information content (AvgIpc) is 2.97. The molecule has 106 valence electrons. The van der Waals surface area contributed by atoms with E-state index in [-0.39, 0.29) is 5.54 Å². The Morgan fingerprint density at radius 3 is 2.79 bits per heavy atom. The van der Waals surface area contributed by atoms with Crippen molar-refractivity contribution in [1.29, 1.82) is 0 Å². The first-order valence-electron chi connectivity index (χ1n) is 7.12. The van der Waals surface area contributed by atoms with Crippen LogP contribution in [0.4, 0.5) is 5.95 Å². The fourth-order valence-electron chi connectivity index (χ4n) is 3.21. The van der Waals surface area contributed by atoms with Gasteiger partial charge in [0.1, 0.15) is 0 Å². The number of H-pyrrole nitrogens is 1. The van der Waals surface area contributed by atoms with Crippen molar-refractivity contribution in [3.8, 4) is 0 Å². The summed E-state index contributed by atoms with van der Waals surface area (Å²) in [5.41, 5.74) is -0.0322. The molecular formula is C13H22N4OS. The normalized spacial score (nSPS) is 24.0. The topological polar surface area (TPSA) is 46.1 Å². The van der Waals surface area contributed by atoms with Gasteiger partial charge in [0.25, 0.3) is 0 Å². The van der Waals surface area contributed by atoms with E-state index >= 15 is 0 Å². The Morgan fingerprint density at radius 2 is 2.11 bits per heavy atom. The maximum atomic E-state index is 5.59. The van der Waals surface area contributed by atoms with Crippen LogP contribution < -0.4 is 4.90 Å². The van der Waals surface area contributed by atoms with Gasteiger partial charge >= 0.3 is 0 Å². The summed E-state index contributed by atoms with van der Waals surface area (Å²) in [6.45, 7) is 6.76. The third-order valence-electron chi connectivity index (χ3n) is 4.26. The number of rotatable bonds is 2. The van der Waals surface area contributed by atoms with E-state index in [1.165, 1.54) is 25.7 Å². The molecule has 0 unspecified atom stereocenters. The van der Waals surface area contributed by atoms with Crippen LogP contribution in [0.5, 0.6) is 0 Å².